The number of ether oxygens (including phenoxy) is 3. The highest BCUT2D eigenvalue weighted by molar-refractivity contribution is 6.31. The molecule has 0 atom stereocenters. The standard InChI is InChI=1S/C34H42ClN5O5/c1-22(41)37-30-20-27-29(21-32(30)44-15-14-43-7)36-11-10-31(27)45-26-9-8-23(28(35)19-26)16-25(42)17-24-18-33(34(2,3)4)38-40(24)13-12-39(5)6/h8-11,18-21H,12-17H2,1-7H3,(H,37,41). The van der Waals surface area contributed by atoms with Gasteiger partial charge in [-0.25, -0.2) is 0 Å². The second kappa shape index (κ2) is 14.9. The molecule has 2 aromatic carbocycles. The molecule has 0 saturated carbocycles. The van der Waals surface area contributed by atoms with E-state index in [4.69, 9.17) is 30.9 Å². The first-order chi connectivity index (χ1) is 21.3. The molecule has 0 radical (unpaired) electrons. The molecule has 240 valence electrons. The molecule has 1 N–H and O–H groups in total. The van der Waals surface area contributed by atoms with Crippen LogP contribution in [0.2, 0.25) is 5.02 Å². The SMILES string of the molecule is COCCOc1cc2nccc(Oc3ccc(CC(=O)Cc4cc(C(C)(C)C)nn4CCN(C)C)c(Cl)c3)c2cc1NC(C)=O. The van der Waals surface area contributed by atoms with Crippen molar-refractivity contribution in [2.45, 2.75) is 52.5 Å². The second-order valence-electron chi connectivity index (χ2n) is 12.2. The summed E-state index contributed by atoms with van der Waals surface area (Å²) in [5.41, 5.74) is 3.58. The lowest BCUT2D eigenvalue weighted by Crippen LogP contribution is -2.21. The summed E-state index contributed by atoms with van der Waals surface area (Å²) in [4.78, 5) is 31.7. The van der Waals surface area contributed by atoms with Gasteiger partial charge < -0.3 is 24.4 Å². The fourth-order valence-corrected chi connectivity index (χ4v) is 4.91. The number of hydrogen-bond acceptors (Lipinski definition) is 8. The number of Topliss-reactive ketones (excluding diaryl/α,β-unsaturated/α-hetero) is 1. The summed E-state index contributed by atoms with van der Waals surface area (Å²) in [6, 6.07) is 12.6. The lowest BCUT2D eigenvalue weighted by molar-refractivity contribution is -0.118. The molecule has 2 heterocycles. The number of pyridine rings is 1. The minimum atomic E-state index is -0.234. The summed E-state index contributed by atoms with van der Waals surface area (Å²) in [7, 11) is 5.63. The van der Waals surface area contributed by atoms with Crippen molar-refractivity contribution >= 4 is 39.9 Å². The lowest BCUT2D eigenvalue weighted by atomic mass is 9.92. The quantitative estimate of drug-likeness (QED) is 0.166. The monoisotopic (exact) mass is 635 g/mol. The number of carbonyl (C=O) groups is 2. The van der Waals surface area contributed by atoms with E-state index in [0.29, 0.717) is 58.6 Å². The van der Waals surface area contributed by atoms with Crippen LogP contribution in [0.25, 0.3) is 10.9 Å². The first kappa shape index (κ1) is 33.9. The van der Waals surface area contributed by atoms with E-state index in [2.05, 4.69) is 36.0 Å². The van der Waals surface area contributed by atoms with Crippen molar-refractivity contribution in [2.75, 3.05) is 46.3 Å². The van der Waals surface area contributed by atoms with Gasteiger partial charge in [-0.1, -0.05) is 38.4 Å². The van der Waals surface area contributed by atoms with E-state index in [1.165, 1.54) is 6.92 Å². The topological polar surface area (TPSA) is 108 Å². The summed E-state index contributed by atoms with van der Waals surface area (Å²) in [6.07, 6.45) is 2.09. The smallest absolute Gasteiger partial charge is 0.221 e. The number of likely N-dealkylation sites (N-methyl/N-ethyl adjacent to an activating group) is 1. The number of halogens is 1. The molecule has 0 aliphatic carbocycles. The zero-order valence-electron chi connectivity index (χ0n) is 27.1. The largest absolute Gasteiger partial charge is 0.489 e. The highest BCUT2D eigenvalue weighted by atomic mass is 35.5. The maximum atomic E-state index is 13.2. The third-order valence-electron chi connectivity index (χ3n) is 7.07. The number of rotatable bonds is 14. The summed E-state index contributed by atoms with van der Waals surface area (Å²) < 4.78 is 19.1. The Morgan fingerprint density at radius 2 is 1.80 bits per heavy atom. The van der Waals surface area contributed by atoms with Gasteiger partial charge in [0.15, 0.2) is 0 Å². The Balaban J connectivity index is 1.51. The van der Waals surface area contributed by atoms with Gasteiger partial charge in [-0.3, -0.25) is 19.3 Å². The maximum absolute atomic E-state index is 13.2. The molecule has 0 bridgehead atoms. The Labute approximate surface area is 269 Å². The number of aromatic nitrogens is 3. The lowest BCUT2D eigenvalue weighted by Gasteiger charge is -2.15. The molecule has 45 heavy (non-hydrogen) atoms. The number of anilines is 1. The van der Waals surface area contributed by atoms with Crippen LogP contribution in [0.15, 0.2) is 48.7 Å². The highest BCUT2D eigenvalue weighted by Crippen LogP contribution is 2.37. The van der Waals surface area contributed by atoms with Crippen LogP contribution in [0, 0.1) is 0 Å². The van der Waals surface area contributed by atoms with Gasteiger partial charge in [0.25, 0.3) is 0 Å². The predicted molar refractivity (Wildman–Crippen MR) is 177 cm³/mol. The van der Waals surface area contributed by atoms with Crippen molar-refractivity contribution in [2.24, 2.45) is 0 Å². The third-order valence-corrected chi connectivity index (χ3v) is 7.42. The molecule has 0 saturated heterocycles. The number of carbonyl (C=O) groups excluding carboxylic acids is 2. The summed E-state index contributed by atoms with van der Waals surface area (Å²) in [6.45, 7) is 10.0. The van der Waals surface area contributed by atoms with Crippen molar-refractivity contribution in [1.82, 2.24) is 19.7 Å². The van der Waals surface area contributed by atoms with Crippen LogP contribution in [-0.2, 0) is 39.1 Å². The van der Waals surface area contributed by atoms with E-state index < -0.39 is 0 Å². The first-order valence-electron chi connectivity index (χ1n) is 14.9. The predicted octanol–water partition coefficient (Wildman–Crippen LogP) is 6.07. The number of nitrogens with zero attached hydrogens (tertiary/aromatic N) is 4. The number of ketones is 1. The van der Waals surface area contributed by atoms with Crippen molar-refractivity contribution in [3.63, 3.8) is 0 Å². The molecule has 1 amide bonds. The molecular formula is C34H42ClN5O5. The Bertz CT molecular complexity index is 1660. The Hall–Kier alpha value is -3.99. The molecule has 4 rings (SSSR count). The molecule has 10 nitrogen and oxygen atoms in total. The van der Waals surface area contributed by atoms with Crippen LogP contribution in [-0.4, -0.2) is 72.3 Å². The molecule has 4 aromatic rings. The summed E-state index contributed by atoms with van der Waals surface area (Å²) >= 11 is 6.66. The van der Waals surface area contributed by atoms with Gasteiger partial charge in [-0.15, -0.1) is 0 Å². The molecular weight excluding hydrogens is 594 g/mol. The van der Waals surface area contributed by atoms with E-state index in [1.54, 1.807) is 43.6 Å². The van der Waals surface area contributed by atoms with Crippen molar-refractivity contribution in [3.8, 4) is 17.2 Å². The zero-order valence-corrected chi connectivity index (χ0v) is 27.8. The number of benzene rings is 2. The Morgan fingerprint density at radius 1 is 1.02 bits per heavy atom. The van der Waals surface area contributed by atoms with Gasteiger partial charge in [0, 0.05) is 67.2 Å². The van der Waals surface area contributed by atoms with Crippen LogP contribution in [0.3, 0.4) is 0 Å². The van der Waals surface area contributed by atoms with Gasteiger partial charge in [0.1, 0.15) is 29.6 Å². The minimum Gasteiger partial charge on any atom is -0.489 e. The van der Waals surface area contributed by atoms with Crippen LogP contribution in [0.4, 0.5) is 5.69 Å². The fraction of sp³-hybridized carbons (Fsp3) is 0.412. The fourth-order valence-electron chi connectivity index (χ4n) is 4.67. The number of fused-ring (bicyclic) bond motifs is 1. The Morgan fingerprint density at radius 3 is 2.47 bits per heavy atom. The van der Waals surface area contributed by atoms with Crippen molar-refractivity contribution in [1.29, 1.82) is 0 Å². The number of nitrogens with one attached hydrogen (secondary N) is 1. The van der Waals surface area contributed by atoms with E-state index in [-0.39, 0.29) is 29.9 Å². The average molecular weight is 636 g/mol. The highest BCUT2D eigenvalue weighted by Gasteiger charge is 2.22. The summed E-state index contributed by atoms with van der Waals surface area (Å²) in [5.74, 6) is 1.32. The van der Waals surface area contributed by atoms with Gasteiger partial charge in [0.2, 0.25) is 5.91 Å². The molecule has 0 fully saturated rings. The maximum Gasteiger partial charge on any atom is 0.221 e. The summed E-state index contributed by atoms with van der Waals surface area (Å²) in [5, 5.41) is 8.72. The van der Waals surface area contributed by atoms with E-state index in [9.17, 15) is 9.59 Å². The number of methoxy groups -OCH3 is 1. The van der Waals surface area contributed by atoms with Crippen molar-refractivity contribution in [3.05, 3.63) is 70.6 Å². The van der Waals surface area contributed by atoms with Gasteiger partial charge in [-0.2, -0.15) is 5.10 Å². The van der Waals surface area contributed by atoms with E-state index >= 15 is 0 Å². The van der Waals surface area contributed by atoms with Gasteiger partial charge in [0.05, 0.1) is 30.0 Å². The average Bonchev–Trinajstić information content (AvgIpc) is 3.37. The number of hydrogen-bond donors (Lipinski definition) is 1. The van der Waals surface area contributed by atoms with Crippen LogP contribution in [0.1, 0.15) is 44.6 Å². The molecule has 0 unspecified atom stereocenters. The third kappa shape index (κ3) is 9.26. The normalized spacial score (nSPS) is 11.7. The molecule has 11 heteroatoms. The molecule has 0 aliphatic rings. The molecule has 2 aromatic heterocycles. The molecule has 0 spiro atoms. The van der Waals surface area contributed by atoms with E-state index in [1.807, 2.05) is 30.9 Å². The van der Waals surface area contributed by atoms with Gasteiger partial charge in [-0.05, 0) is 50.0 Å². The Kier molecular flexibility index (Phi) is 11.2. The molecule has 0 aliphatic heterocycles. The van der Waals surface area contributed by atoms with Crippen LogP contribution in [0.5, 0.6) is 17.2 Å². The van der Waals surface area contributed by atoms with Crippen LogP contribution >= 0.6 is 11.6 Å². The van der Waals surface area contributed by atoms with E-state index in [0.717, 1.165) is 23.5 Å². The van der Waals surface area contributed by atoms with Crippen molar-refractivity contribution < 1.29 is 23.8 Å². The van der Waals surface area contributed by atoms with Gasteiger partial charge >= 0.3 is 0 Å². The number of amides is 1. The second-order valence-corrected chi connectivity index (χ2v) is 12.6. The first-order valence-corrected chi connectivity index (χ1v) is 15.2. The zero-order chi connectivity index (χ0) is 32.7. The van der Waals surface area contributed by atoms with Crippen LogP contribution < -0.4 is 14.8 Å². The minimum absolute atomic E-state index is 0.0474.